The molecular formula is C47H88O8. The number of unbranched alkanes of at least 4 members (excludes halogenated alkanes) is 32. The molecule has 55 heavy (non-hydrogen) atoms. The van der Waals surface area contributed by atoms with Crippen molar-refractivity contribution < 1.29 is 38.5 Å². The predicted molar refractivity (Wildman–Crippen MR) is 226 cm³/mol. The molecular weight excluding hydrogens is 693 g/mol. The predicted octanol–water partition coefficient (Wildman–Crippen LogP) is 13.9. The third kappa shape index (κ3) is 42.9. The Morgan fingerprint density at radius 3 is 0.891 bits per heavy atom. The summed E-state index contributed by atoms with van der Waals surface area (Å²) in [5.41, 5.74) is 0. The molecule has 8 nitrogen and oxygen atoms in total. The van der Waals surface area contributed by atoms with E-state index >= 15 is 0 Å². The lowest BCUT2D eigenvalue weighted by molar-refractivity contribution is -0.167. The lowest BCUT2D eigenvalue weighted by Gasteiger charge is -2.18. The molecule has 324 valence electrons. The molecule has 0 aliphatic rings. The SMILES string of the molecule is CCCCCCCCCCCCCCCCCCCC(=O)OCC(COC(=O)CCC(=O)O)OC(=O)CCCCCCCCCCCCCCCCCCC. The first kappa shape index (κ1) is 52.9. The van der Waals surface area contributed by atoms with Gasteiger partial charge in [0.2, 0.25) is 0 Å². The first-order valence-corrected chi connectivity index (χ1v) is 23.6. The van der Waals surface area contributed by atoms with Crippen molar-refractivity contribution in [3.05, 3.63) is 0 Å². The van der Waals surface area contributed by atoms with E-state index in [1.54, 1.807) is 0 Å². The fraction of sp³-hybridized carbons (Fsp3) is 0.915. The minimum atomic E-state index is -1.09. The molecule has 0 saturated carbocycles. The zero-order valence-electron chi connectivity index (χ0n) is 36.2. The van der Waals surface area contributed by atoms with Crippen molar-refractivity contribution >= 4 is 23.9 Å². The van der Waals surface area contributed by atoms with Crippen molar-refractivity contribution in [3.63, 3.8) is 0 Å². The zero-order chi connectivity index (χ0) is 40.3. The molecule has 0 fully saturated rings. The summed E-state index contributed by atoms with van der Waals surface area (Å²) < 4.78 is 16.1. The van der Waals surface area contributed by atoms with E-state index in [4.69, 9.17) is 19.3 Å². The number of carboxylic acids is 1. The average molecular weight is 781 g/mol. The van der Waals surface area contributed by atoms with Crippen LogP contribution < -0.4 is 0 Å². The number of hydrogen-bond donors (Lipinski definition) is 1. The highest BCUT2D eigenvalue weighted by atomic mass is 16.6. The van der Waals surface area contributed by atoms with E-state index in [1.165, 1.54) is 180 Å². The molecule has 1 atom stereocenters. The summed E-state index contributed by atoms with van der Waals surface area (Å²) >= 11 is 0. The molecule has 1 N–H and O–H groups in total. The van der Waals surface area contributed by atoms with Gasteiger partial charge in [-0.25, -0.2) is 0 Å². The maximum Gasteiger partial charge on any atom is 0.306 e. The minimum Gasteiger partial charge on any atom is -0.481 e. The van der Waals surface area contributed by atoms with E-state index in [0.717, 1.165) is 38.5 Å². The summed E-state index contributed by atoms with van der Waals surface area (Å²) in [7, 11) is 0. The highest BCUT2D eigenvalue weighted by Crippen LogP contribution is 2.16. The van der Waals surface area contributed by atoms with Gasteiger partial charge in [-0.2, -0.15) is 0 Å². The van der Waals surface area contributed by atoms with Gasteiger partial charge in [-0.3, -0.25) is 19.2 Å². The van der Waals surface area contributed by atoms with Crippen molar-refractivity contribution in [1.82, 2.24) is 0 Å². The second kappa shape index (κ2) is 43.0. The Balaban J connectivity index is 4.02. The van der Waals surface area contributed by atoms with Crippen LogP contribution in [-0.2, 0) is 33.4 Å². The minimum absolute atomic E-state index is 0.186. The maximum atomic E-state index is 12.6. The summed E-state index contributed by atoms with van der Waals surface area (Å²) in [6.07, 6.45) is 42.3. The topological polar surface area (TPSA) is 116 Å². The Bertz CT molecular complexity index is 875. The van der Waals surface area contributed by atoms with Gasteiger partial charge >= 0.3 is 23.9 Å². The highest BCUT2D eigenvalue weighted by Gasteiger charge is 2.20. The van der Waals surface area contributed by atoms with Gasteiger partial charge in [-0.05, 0) is 12.8 Å². The highest BCUT2D eigenvalue weighted by molar-refractivity contribution is 5.76. The van der Waals surface area contributed by atoms with Crippen LogP contribution in [0.25, 0.3) is 0 Å². The average Bonchev–Trinajstić information content (AvgIpc) is 3.17. The van der Waals surface area contributed by atoms with E-state index < -0.39 is 24.0 Å². The largest absolute Gasteiger partial charge is 0.481 e. The molecule has 0 saturated heterocycles. The molecule has 0 bridgehead atoms. The Labute approximate surface area is 338 Å². The van der Waals surface area contributed by atoms with Crippen LogP contribution in [0.4, 0.5) is 0 Å². The Hall–Kier alpha value is -2.12. The van der Waals surface area contributed by atoms with E-state index in [2.05, 4.69) is 13.8 Å². The van der Waals surface area contributed by atoms with Crippen molar-refractivity contribution in [2.75, 3.05) is 13.2 Å². The van der Waals surface area contributed by atoms with Crippen LogP contribution in [0.15, 0.2) is 0 Å². The van der Waals surface area contributed by atoms with Gasteiger partial charge in [0.25, 0.3) is 0 Å². The van der Waals surface area contributed by atoms with Crippen LogP contribution in [0.3, 0.4) is 0 Å². The standard InChI is InChI=1S/C47H88O8/c1-3-5-7-9-11-13-15-17-19-21-23-25-27-29-31-33-35-37-45(50)53-41-43(42-54-46(51)40-39-44(48)49)55-47(52)38-36-34-32-30-28-26-24-22-20-18-16-14-12-10-8-6-4-2/h43H,3-42H2,1-2H3,(H,48,49). The van der Waals surface area contributed by atoms with Gasteiger partial charge < -0.3 is 19.3 Å². The Morgan fingerprint density at radius 2 is 0.600 bits per heavy atom. The van der Waals surface area contributed by atoms with Crippen LogP contribution in [0.1, 0.15) is 258 Å². The van der Waals surface area contributed by atoms with Crippen molar-refractivity contribution in [1.29, 1.82) is 0 Å². The van der Waals surface area contributed by atoms with Gasteiger partial charge in [0.05, 0.1) is 12.8 Å². The number of aliphatic carboxylic acids is 1. The zero-order valence-corrected chi connectivity index (χ0v) is 36.2. The van der Waals surface area contributed by atoms with Gasteiger partial charge in [-0.1, -0.05) is 219 Å². The molecule has 0 aromatic rings. The molecule has 0 heterocycles. The van der Waals surface area contributed by atoms with E-state index in [-0.39, 0.29) is 38.4 Å². The maximum absolute atomic E-state index is 12.6. The van der Waals surface area contributed by atoms with Crippen LogP contribution in [-0.4, -0.2) is 48.3 Å². The number of carbonyl (C=O) groups is 4. The lowest BCUT2D eigenvalue weighted by Crippen LogP contribution is -2.31. The quantitative estimate of drug-likeness (QED) is 0.0369. The van der Waals surface area contributed by atoms with Gasteiger partial charge in [0.1, 0.15) is 13.2 Å². The second-order valence-electron chi connectivity index (χ2n) is 16.2. The van der Waals surface area contributed by atoms with Crippen molar-refractivity contribution in [2.45, 2.75) is 264 Å². The van der Waals surface area contributed by atoms with Gasteiger partial charge in [0.15, 0.2) is 6.10 Å². The number of esters is 3. The van der Waals surface area contributed by atoms with E-state index in [9.17, 15) is 19.2 Å². The Morgan fingerprint density at radius 1 is 0.345 bits per heavy atom. The third-order valence-electron chi connectivity index (χ3n) is 10.7. The number of carbonyl (C=O) groups excluding carboxylic acids is 3. The number of hydrogen-bond acceptors (Lipinski definition) is 7. The Kier molecular flexibility index (Phi) is 41.4. The third-order valence-corrected chi connectivity index (χ3v) is 10.7. The first-order chi connectivity index (χ1) is 26.9. The summed E-state index contributed by atoms with van der Waals surface area (Å²) in [6.45, 7) is 4.08. The lowest BCUT2D eigenvalue weighted by atomic mass is 10.0. The molecule has 0 aliphatic heterocycles. The van der Waals surface area contributed by atoms with Gasteiger partial charge in [-0.15, -0.1) is 0 Å². The van der Waals surface area contributed by atoms with Gasteiger partial charge in [0, 0.05) is 12.8 Å². The first-order valence-electron chi connectivity index (χ1n) is 23.6. The fourth-order valence-corrected chi connectivity index (χ4v) is 7.07. The van der Waals surface area contributed by atoms with Crippen LogP contribution >= 0.6 is 0 Å². The summed E-state index contributed by atoms with van der Waals surface area (Å²) in [4.78, 5) is 47.8. The monoisotopic (exact) mass is 781 g/mol. The summed E-state index contributed by atoms with van der Waals surface area (Å²) in [5.74, 6) is -2.54. The number of rotatable bonds is 44. The van der Waals surface area contributed by atoms with E-state index in [1.807, 2.05) is 0 Å². The van der Waals surface area contributed by atoms with Crippen molar-refractivity contribution in [2.24, 2.45) is 0 Å². The molecule has 0 amide bonds. The molecule has 0 aromatic heterocycles. The summed E-state index contributed by atoms with van der Waals surface area (Å²) in [6, 6.07) is 0. The number of carboxylic acid groups (broad SMARTS) is 1. The summed E-state index contributed by atoms with van der Waals surface area (Å²) in [5, 5.41) is 8.83. The van der Waals surface area contributed by atoms with Crippen LogP contribution in [0, 0.1) is 0 Å². The van der Waals surface area contributed by atoms with E-state index in [0.29, 0.717) is 6.42 Å². The molecule has 8 heteroatoms. The molecule has 0 aliphatic carbocycles. The normalized spacial score (nSPS) is 11.7. The van der Waals surface area contributed by atoms with Crippen LogP contribution in [0.2, 0.25) is 0 Å². The van der Waals surface area contributed by atoms with Crippen LogP contribution in [0.5, 0.6) is 0 Å². The smallest absolute Gasteiger partial charge is 0.306 e. The second-order valence-corrected chi connectivity index (χ2v) is 16.2. The molecule has 0 aromatic carbocycles. The molecule has 0 rings (SSSR count). The molecule has 0 radical (unpaired) electrons. The van der Waals surface area contributed by atoms with Crippen molar-refractivity contribution in [3.8, 4) is 0 Å². The number of ether oxygens (including phenoxy) is 3. The molecule has 1 unspecified atom stereocenters. The fourth-order valence-electron chi connectivity index (χ4n) is 7.07. The molecule has 0 spiro atoms.